The number of carboxylic acids is 1. The summed E-state index contributed by atoms with van der Waals surface area (Å²) in [6.45, 7) is 2.81. The molecule has 2 aliphatic rings. The van der Waals surface area contributed by atoms with Gasteiger partial charge in [0.2, 0.25) is 11.8 Å². The van der Waals surface area contributed by atoms with E-state index in [9.17, 15) is 19.5 Å². The molecule has 2 saturated heterocycles. The topological polar surface area (TPSA) is 86.7 Å². The number of piperidine rings is 1. The number of hydrogen-bond acceptors (Lipinski definition) is 3. The van der Waals surface area contributed by atoms with Crippen LogP contribution < -0.4 is 5.32 Å². The summed E-state index contributed by atoms with van der Waals surface area (Å²) in [5.74, 6) is -1.04. The van der Waals surface area contributed by atoms with Crippen LogP contribution in [0.5, 0.6) is 0 Å². The fraction of sp³-hybridized carbons (Fsp3) is 0.786. The van der Waals surface area contributed by atoms with Crippen LogP contribution in [0.3, 0.4) is 0 Å². The van der Waals surface area contributed by atoms with Gasteiger partial charge in [-0.3, -0.25) is 14.4 Å². The number of likely N-dealkylation sites (tertiary alicyclic amines) is 1. The molecule has 0 aromatic rings. The van der Waals surface area contributed by atoms with Gasteiger partial charge in [-0.05, 0) is 25.7 Å². The molecule has 2 N–H and O–H groups in total. The van der Waals surface area contributed by atoms with E-state index in [0.29, 0.717) is 38.6 Å². The zero-order valence-electron chi connectivity index (χ0n) is 11.9. The van der Waals surface area contributed by atoms with Gasteiger partial charge in [-0.25, -0.2) is 0 Å². The number of carbonyl (C=O) groups excluding carboxylic acids is 2. The van der Waals surface area contributed by atoms with Gasteiger partial charge in [0.05, 0.1) is 5.41 Å². The maximum absolute atomic E-state index is 12.4. The Morgan fingerprint density at radius 1 is 1.50 bits per heavy atom. The zero-order chi connectivity index (χ0) is 14.8. The first-order valence-corrected chi connectivity index (χ1v) is 7.30. The summed E-state index contributed by atoms with van der Waals surface area (Å²) >= 11 is 0. The predicted molar refractivity (Wildman–Crippen MR) is 72.0 cm³/mol. The zero-order valence-corrected chi connectivity index (χ0v) is 11.9. The van der Waals surface area contributed by atoms with Crippen molar-refractivity contribution in [2.45, 2.75) is 51.5 Å². The average molecular weight is 282 g/mol. The molecular weight excluding hydrogens is 260 g/mol. The Morgan fingerprint density at radius 2 is 2.25 bits per heavy atom. The van der Waals surface area contributed by atoms with E-state index in [1.165, 1.54) is 0 Å². The molecule has 2 atom stereocenters. The lowest BCUT2D eigenvalue weighted by Crippen LogP contribution is -2.54. The minimum Gasteiger partial charge on any atom is -0.481 e. The van der Waals surface area contributed by atoms with Crippen LogP contribution in [-0.4, -0.2) is 46.9 Å². The SMILES string of the molecule is CCCC1(C(=O)O)CCCN(C(=O)[C@@H]2CCC(=O)N2)C1. The minimum atomic E-state index is -0.814. The van der Waals surface area contributed by atoms with Gasteiger partial charge in [0.25, 0.3) is 0 Å². The van der Waals surface area contributed by atoms with E-state index >= 15 is 0 Å². The van der Waals surface area contributed by atoms with Crippen molar-refractivity contribution in [1.82, 2.24) is 10.2 Å². The molecule has 1 unspecified atom stereocenters. The van der Waals surface area contributed by atoms with Crippen molar-refractivity contribution in [3.05, 3.63) is 0 Å². The van der Waals surface area contributed by atoms with Crippen LogP contribution >= 0.6 is 0 Å². The van der Waals surface area contributed by atoms with Crippen LogP contribution in [0.15, 0.2) is 0 Å². The molecule has 0 radical (unpaired) electrons. The monoisotopic (exact) mass is 282 g/mol. The number of carboxylic acid groups (broad SMARTS) is 1. The maximum atomic E-state index is 12.4. The molecular formula is C14H22N2O4. The third-order valence-electron chi connectivity index (χ3n) is 4.36. The molecule has 2 heterocycles. The number of nitrogens with one attached hydrogen (secondary N) is 1. The predicted octanol–water partition coefficient (Wildman–Crippen LogP) is 0.758. The first-order valence-electron chi connectivity index (χ1n) is 7.30. The van der Waals surface area contributed by atoms with Crippen LogP contribution in [0.4, 0.5) is 0 Å². The summed E-state index contributed by atoms with van der Waals surface area (Å²) in [7, 11) is 0. The molecule has 0 spiro atoms. The van der Waals surface area contributed by atoms with Crippen LogP contribution in [-0.2, 0) is 14.4 Å². The van der Waals surface area contributed by atoms with Crippen molar-refractivity contribution < 1.29 is 19.5 Å². The average Bonchev–Trinajstić information content (AvgIpc) is 2.85. The van der Waals surface area contributed by atoms with E-state index < -0.39 is 17.4 Å². The molecule has 0 bridgehead atoms. The van der Waals surface area contributed by atoms with Crippen LogP contribution in [0.1, 0.15) is 45.4 Å². The van der Waals surface area contributed by atoms with E-state index in [1.54, 1.807) is 4.90 Å². The van der Waals surface area contributed by atoms with E-state index in [1.807, 2.05) is 6.92 Å². The van der Waals surface area contributed by atoms with Crippen molar-refractivity contribution in [3.63, 3.8) is 0 Å². The minimum absolute atomic E-state index is 0.0987. The molecule has 0 aromatic carbocycles. The van der Waals surface area contributed by atoms with Crippen molar-refractivity contribution in [2.75, 3.05) is 13.1 Å². The highest BCUT2D eigenvalue weighted by molar-refractivity contribution is 5.91. The Bertz CT molecular complexity index is 419. The van der Waals surface area contributed by atoms with E-state index in [4.69, 9.17) is 0 Å². The van der Waals surface area contributed by atoms with Gasteiger partial charge in [0.1, 0.15) is 6.04 Å². The van der Waals surface area contributed by atoms with E-state index in [0.717, 1.165) is 6.42 Å². The van der Waals surface area contributed by atoms with Gasteiger partial charge in [0, 0.05) is 19.5 Å². The number of aliphatic carboxylic acids is 1. The standard InChI is InChI=1S/C14H22N2O4/c1-2-6-14(13(19)20)7-3-8-16(9-14)12(18)10-4-5-11(17)15-10/h10H,2-9H2,1H3,(H,15,17)(H,19,20)/t10-,14?/m0/s1. The summed E-state index contributed by atoms with van der Waals surface area (Å²) in [5, 5.41) is 12.2. The van der Waals surface area contributed by atoms with Gasteiger partial charge >= 0.3 is 5.97 Å². The molecule has 20 heavy (non-hydrogen) atoms. The van der Waals surface area contributed by atoms with Gasteiger partial charge in [-0.15, -0.1) is 0 Å². The first kappa shape index (κ1) is 14.8. The van der Waals surface area contributed by atoms with Crippen molar-refractivity contribution in [2.24, 2.45) is 5.41 Å². The lowest BCUT2D eigenvalue weighted by atomic mass is 9.76. The summed E-state index contributed by atoms with van der Waals surface area (Å²) in [5.41, 5.74) is -0.814. The van der Waals surface area contributed by atoms with Gasteiger partial charge in [0.15, 0.2) is 0 Å². The molecule has 0 saturated carbocycles. The number of amides is 2. The normalized spacial score (nSPS) is 30.1. The second-order valence-corrected chi connectivity index (χ2v) is 5.86. The molecule has 6 heteroatoms. The number of rotatable bonds is 4. The number of carbonyl (C=O) groups is 3. The van der Waals surface area contributed by atoms with Crippen molar-refractivity contribution in [3.8, 4) is 0 Å². The third kappa shape index (κ3) is 2.78. The fourth-order valence-electron chi connectivity index (χ4n) is 3.30. The Morgan fingerprint density at radius 3 is 2.80 bits per heavy atom. The molecule has 2 fully saturated rings. The molecule has 6 nitrogen and oxygen atoms in total. The Labute approximate surface area is 118 Å². The Hall–Kier alpha value is -1.59. The second kappa shape index (κ2) is 5.81. The third-order valence-corrected chi connectivity index (χ3v) is 4.36. The summed E-state index contributed by atoms with van der Waals surface area (Å²) in [4.78, 5) is 36.8. The van der Waals surface area contributed by atoms with Gasteiger partial charge < -0.3 is 15.3 Å². The van der Waals surface area contributed by atoms with E-state index in [-0.39, 0.29) is 18.4 Å². The first-order chi connectivity index (χ1) is 9.48. The second-order valence-electron chi connectivity index (χ2n) is 5.86. The van der Waals surface area contributed by atoms with Crippen molar-refractivity contribution >= 4 is 17.8 Å². The lowest BCUT2D eigenvalue weighted by Gasteiger charge is -2.40. The molecule has 112 valence electrons. The highest BCUT2D eigenvalue weighted by Crippen LogP contribution is 2.35. The molecule has 2 aliphatic heterocycles. The maximum Gasteiger partial charge on any atom is 0.311 e. The lowest BCUT2D eigenvalue weighted by molar-refractivity contribution is -0.156. The van der Waals surface area contributed by atoms with Gasteiger partial charge in [-0.2, -0.15) is 0 Å². The summed E-state index contributed by atoms with van der Waals surface area (Å²) in [6, 6.07) is -0.464. The highest BCUT2D eigenvalue weighted by Gasteiger charge is 2.44. The van der Waals surface area contributed by atoms with Crippen LogP contribution in [0.25, 0.3) is 0 Å². The smallest absolute Gasteiger partial charge is 0.311 e. The largest absolute Gasteiger partial charge is 0.481 e. The quantitative estimate of drug-likeness (QED) is 0.797. The molecule has 2 amide bonds. The van der Waals surface area contributed by atoms with Crippen molar-refractivity contribution in [1.29, 1.82) is 0 Å². The van der Waals surface area contributed by atoms with Crippen LogP contribution in [0, 0.1) is 5.41 Å². The highest BCUT2D eigenvalue weighted by atomic mass is 16.4. The summed E-state index contributed by atoms with van der Waals surface area (Å²) in [6.07, 6.45) is 3.60. The number of nitrogens with zero attached hydrogens (tertiary/aromatic N) is 1. The number of hydrogen-bond donors (Lipinski definition) is 2. The fourth-order valence-corrected chi connectivity index (χ4v) is 3.30. The molecule has 0 aliphatic carbocycles. The molecule has 0 aromatic heterocycles. The summed E-state index contributed by atoms with van der Waals surface area (Å²) < 4.78 is 0. The van der Waals surface area contributed by atoms with Crippen LogP contribution in [0.2, 0.25) is 0 Å². The Kier molecular flexibility index (Phi) is 4.30. The Balaban J connectivity index is 2.07. The molecule has 2 rings (SSSR count). The van der Waals surface area contributed by atoms with Gasteiger partial charge in [-0.1, -0.05) is 13.3 Å². The van der Waals surface area contributed by atoms with E-state index in [2.05, 4.69) is 5.32 Å².